The Morgan fingerprint density at radius 2 is 2.06 bits per heavy atom. The van der Waals surface area contributed by atoms with Gasteiger partial charge in [0.25, 0.3) is 0 Å². The van der Waals surface area contributed by atoms with Gasteiger partial charge in [0.05, 0.1) is 17.2 Å². The molecular weight excluding hydrogens is 450 g/mol. The number of nitrogens with zero attached hydrogens (tertiary/aromatic N) is 6. The van der Waals surface area contributed by atoms with Gasteiger partial charge in [-0.25, -0.2) is 9.97 Å². The van der Waals surface area contributed by atoms with Crippen LogP contribution >= 0.6 is 11.6 Å². The second-order valence-corrected chi connectivity index (χ2v) is 9.46. The minimum Gasteiger partial charge on any atom is -0.363 e. The summed E-state index contributed by atoms with van der Waals surface area (Å²) in [5.74, 6) is 0.875. The third kappa shape index (κ3) is 4.44. The molecule has 0 amide bonds. The zero-order valence-electron chi connectivity index (χ0n) is 19.5. The summed E-state index contributed by atoms with van der Waals surface area (Å²) in [4.78, 5) is 17.8. The molecule has 2 aliphatic heterocycles. The van der Waals surface area contributed by atoms with Crippen LogP contribution in [-0.2, 0) is 10.3 Å². The molecule has 1 N–H and O–H groups in total. The summed E-state index contributed by atoms with van der Waals surface area (Å²) in [6.07, 6.45) is 1.81. The number of rotatable bonds is 4. The van der Waals surface area contributed by atoms with Gasteiger partial charge in [0, 0.05) is 69.2 Å². The number of aromatic nitrogens is 3. The Hall–Kier alpha value is -2.83. The second-order valence-electron chi connectivity index (χ2n) is 9.13. The molecule has 9 heteroatoms. The van der Waals surface area contributed by atoms with Crippen molar-refractivity contribution in [1.29, 1.82) is 5.26 Å². The van der Waals surface area contributed by atoms with Crippen molar-refractivity contribution in [2.45, 2.75) is 25.6 Å². The van der Waals surface area contributed by atoms with E-state index in [1.807, 2.05) is 37.3 Å². The molecule has 176 valence electrons. The zero-order chi connectivity index (χ0) is 23.7. The highest BCUT2D eigenvalue weighted by atomic mass is 35.5. The number of nitriles is 1. The van der Waals surface area contributed by atoms with Gasteiger partial charge in [-0.3, -0.25) is 9.88 Å². The lowest BCUT2D eigenvalue weighted by Gasteiger charge is -2.46. The highest BCUT2D eigenvalue weighted by Gasteiger charge is 2.41. The third-order valence-electron chi connectivity index (χ3n) is 6.64. The molecule has 8 nitrogen and oxygen atoms in total. The predicted octanol–water partition coefficient (Wildman–Crippen LogP) is 2.88. The summed E-state index contributed by atoms with van der Waals surface area (Å²) in [6.45, 7) is 9.76. The van der Waals surface area contributed by atoms with Crippen LogP contribution < -0.4 is 10.2 Å². The first-order valence-corrected chi connectivity index (χ1v) is 12.0. The normalized spacial score (nSPS) is 23.7. The lowest BCUT2D eigenvalue weighted by molar-refractivity contribution is -0.128. The van der Waals surface area contributed by atoms with Crippen molar-refractivity contribution in [2.75, 3.05) is 50.7 Å². The minimum absolute atomic E-state index is 0.0727. The van der Waals surface area contributed by atoms with Gasteiger partial charge >= 0.3 is 0 Å². The van der Waals surface area contributed by atoms with E-state index >= 15 is 0 Å². The van der Waals surface area contributed by atoms with Crippen LogP contribution in [0, 0.1) is 18.3 Å². The molecule has 5 rings (SSSR count). The van der Waals surface area contributed by atoms with E-state index in [1.165, 1.54) is 0 Å². The van der Waals surface area contributed by atoms with Crippen molar-refractivity contribution in [3.63, 3.8) is 0 Å². The molecule has 2 saturated heterocycles. The molecule has 2 aromatic heterocycles. The van der Waals surface area contributed by atoms with Crippen molar-refractivity contribution in [3.8, 4) is 6.07 Å². The van der Waals surface area contributed by atoms with Gasteiger partial charge in [0.15, 0.2) is 0 Å². The van der Waals surface area contributed by atoms with Crippen LogP contribution in [0.25, 0.3) is 10.9 Å². The fraction of sp³-hybridized carbons (Fsp3) is 0.440. The third-order valence-corrected chi connectivity index (χ3v) is 6.81. The quantitative estimate of drug-likeness (QED) is 0.574. The number of nitrogens with one attached hydrogen (secondary N) is 1. The Kier molecular flexibility index (Phi) is 6.36. The maximum absolute atomic E-state index is 9.59. The van der Waals surface area contributed by atoms with Crippen molar-refractivity contribution in [2.24, 2.45) is 0 Å². The monoisotopic (exact) mass is 477 g/mol. The Morgan fingerprint density at radius 3 is 2.79 bits per heavy atom. The topological polar surface area (TPSA) is 90.2 Å². The van der Waals surface area contributed by atoms with Crippen LogP contribution in [0.15, 0.2) is 36.5 Å². The number of ether oxygens (including phenoxy) is 1. The van der Waals surface area contributed by atoms with E-state index in [0.717, 1.165) is 67.2 Å². The lowest BCUT2D eigenvalue weighted by Crippen LogP contribution is -2.59. The van der Waals surface area contributed by atoms with Crippen LogP contribution in [0.5, 0.6) is 0 Å². The highest BCUT2D eigenvalue weighted by molar-refractivity contribution is 6.28. The SMILES string of the molecule is Cc1cc(N2CCN(C[C@]3(c4ccc(C#N)c5ncccc45)CNC[C@@H](C)O3)CC2)nc(Cl)n1. The standard InChI is InChI=1S/C25H28ClN7O/c1-17-12-22(31-24(26)30-17)33-10-8-32(9-11-33)16-25(15-28-14-18(2)34-25)21-6-5-19(13-27)23-20(21)4-3-7-29-23/h3-7,12,18,28H,8-11,14-16H2,1-2H3/t18-,25+/m1/s1. The second kappa shape index (κ2) is 9.43. The number of piperazine rings is 1. The van der Waals surface area contributed by atoms with Gasteiger partial charge in [-0.05, 0) is 43.1 Å². The number of benzene rings is 1. The zero-order valence-corrected chi connectivity index (χ0v) is 20.2. The Balaban J connectivity index is 1.42. The van der Waals surface area contributed by atoms with Crippen LogP contribution in [0.4, 0.5) is 5.82 Å². The molecule has 0 radical (unpaired) electrons. The summed E-state index contributed by atoms with van der Waals surface area (Å²) in [5, 5.41) is 14.4. The summed E-state index contributed by atoms with van der Waals surface area (Å²) in [5.41, 5.74) is 2.72. The molecule has 34 heavy (non-hydrogen) atoms. The smallest absolute Gasteiger partial charge is 0.224 e. The van der Waals surface area contributed by atoms with Gasteiger partial charge in [0.2, 0.25) is 5.28 Å². The van der Waals surface area contributed by atoms with Gasteiger partial charge in [-0.2, -0.15) is 5.26 Å². The van der Waals surface area contributed by atoms with E-state index in [0.29, 0.717) is 12.1 Å². The van der Waals surface area contributed by atoms with Gasteiger partial charge in [-0.1, -0.05) is 12.1 Å². The predicted molar refractivity (Wildman–Crippen MR) is 132 cm³/mol. The molecular formula is C25H28ClN7O. The number of morpholine rings is 1. The van der Waals surface area contributed by atoms with Gasteiger partial charge < -0.3 is 15.0 Å². The van der Waals surface area contributed by atoms with Crippen LogP contribution in [0.1, 0.15) is 23.7 Å². The van der Waals surface area contributed by atoms with Gasteiger partial charge in [0.1, 0.15) is 17.5 Å². The molecule has 2 aliphatic rings. The molecule has 4 heterocycles. The Labute approximate surface area is 204 Å². The molecule has 0 spiro atoms. The van der Waals surface area contributed by atoms with Crippen LogP contribution in [-0.4, -0.2) is 71.8 Å². The summed E-state index contributed by atoms with van der Waals surface area (Å²) < 4.78 is 6.72. The molecule has 3 aromatic rings. The number of hydrogen-bond donors (Lipinski definition) is 1. The molecule has 2 fully saturated rings. The Morgan fingerprint density at radius 1 is 1.24 bits per heavy atom. The minimum atomic E-state index is -0.538. The first kappa shape index (κ1) is 22.9. The number of pyridine rings is 1. The van der Waals surface area contributed by atoms with Crippen LogP contribution in [0.2, 0.25) is 5.28 Å². The molecule has 1 aromatic carbocycles. The largest absolute Gasteiger partial charge is 0.363 e. The highest BCUT2D eigenvalue weighted by Crippen LogP contribution is 2.36. The van der Waals surface area contributed by atoms with E-state index in [9.17, 15) is 5.26 Å². The van der Waals surface area contributed by atoms with Gasteiger partial charge in [-0.15, -0.1) is 0 Å². The molecule has 0 saturated carbocycles. The van der Waals surface area contributed by atoms with Crippen molar-refractivity contribution >= 4 is 28.3 Å². The van der Waals surface area contributed by atoms with Crippen molar-refractivity contribution < 1.29 is 4.74 Å². The number of aryl methyl sites for hydroxylation is 1. The van der Waals surface area contributed by atoms with E-state index < -0.39 is 5.60 Å². The maximum Gasteiger partial charge on any atom is 0.224 e. The number of fused-ring (bicyclic) bond motifs is 1. The first-order chi connectivity index (χ1) is 16.5. The van der Waals surface area contributed by atoms with Crippen molar-refractivity contribution in [1.82, 2.24) is 25.2 Å². The maximum atomic E-state index is 9.59. The molecule has 0 bridgehead atoms. The molecule has 0 unspecified atom stereocenters. The van der Waals surface area contributed by atoms with E-state index in [-0.39, 0.29) is 11.4 Å². The molecule has 0 aliphatic carbocycles. The van der Waals surface area contributed by atoms with E-state index in [4.69, 9.17) is 16.3 Å². The first-order valence-electron chi connectivity index (χ1n) is 11.6. The summed E-state index contributed by atoms with van der Waals surface area (Å²) >= 11 is 6.09. The average molecular weight is 478 g/mol. The Bertz CT molecular complexity index is 1220. The van der Waals surface area contributed by atoms with Crippen LogP contribution in [0.3, 0.4) is 0 Å². The summed E-state index contributed by atoms with van der Waals surface area (Å²) in [6, 6.07) is 12.1. The number of hydrogen-bond acceptors (Lipinski definition) is 8. The lowest BCUT2D eigenvalue weighted by atomic mass is 9.86. The molecule has 2 atom stereocenters. The van der Waals surface area contributed by atoms with E-state index in [2.05, 4.69) is 43.1 Å². The van der Waals surface area contributed by atoms with E-state index in [1.54, 1.807) is 6.20 Å². The van der Waals surface area contributed by atoms with Crippen molar-refractivity contribution in [3.05, 3.63) is 58.6 Å². The fourth-order valence-corrected chi connectivity index (χ4v) is 5.34. The summed E-state index contributed by atoms with van der Waals surface area (Å²) in [7, 11) is 0. The average Bonchev–Trinajstić information content (AvgIpc) is 2.83. The fourth-order valence-electron chi connectivity index (χ4n) is 5.12. The number of anilines is 1. The number of halogens is 1.